The largest absolute Gasteiger partial charge is 0.480 e. The maximum absolute atomic E-state index is 12.1. The molecule has 0 spiro atoms. The van der Waals surface area contributed by atoms with E-state index in [2.05, 4.69) is 9.97 Å². The zero-order valence-corrected chi connectivity index (χ0v) is 14.5. The lowest BCUT2D eigenvalue weighted by Crippen LogP contribution is -2.36. The fraction of sp³-hybridized carbons (Fsp3) is 0.467. The average molecular weight is 337 g/mol. The fourth-order valence-electron chi connectivity index (χ4n) is 2.22. The van der Waals surface area contributed by atoms with Gasteiger partial charge in [0.05, 0.1) is 12.0 Å². The van der Waals surface area contributed by atoms with Crippen LogP contribution in [0.1, 0.15) is 34.9 Å². The molecule has 0 amide bonds. The van der Waals surface area contributed by atoms with Crippen LogP contribution in [0.4, 0.5) is 5.82 Å². The third kappa shape index (κ3) is 3.12. The summed E-state index contributed by atoms with van der Waals surface area (Å²) in [5.74, 6) is -0.318. The zero-order chi connectivity index (χ0) is 17.3. The number of anilines is 1. The van der Waals surface area contributed by atoms with Crippen LogP contribution in [-0.2, 0) is 9.53 Å². The summed E-state index contributed by atoms with van der Waals surface area (Å²) in [5.41, 5.74) is 0.711. The molecule has 0 aliphatic carbocycles. The van der Waals surface area contributed by atoms with E-state index in [0.29, 0.717) is 38.9 Å². The number of hydrogen-bond donors (Lipinski definition) is 1. The van der Waals surface area contributed by atoms with E-state index in [-0.39, 0.29) is 0 Å². The molecule has 0 saturated heterocycles. The number of carboxylic acid groups (broad SMARTS) is 1. The monoisotopic (exact) mass is 337 g/mol. The number of rotatable bonds is 5. The van der Waals surface area contributed by atoms with Crippen molar-refractivity contribution in [2.75, 3.05) is 18.6 Å². The smallest absolute Gasteiger partial charge is 0.348 e. The molecular weight excluding hydrogens is 318 g/mol. The van der Waals surface area contributed by atoms with Gasteiger partial charge >= 0.3 is 11.9 Å². The van der Waals surface area contributed by atoms with Crippen molar-refractivity contribution in [3.63, 3.8) is 0 Å². The van der Waals surface area contributed by atoms with Crippen molar-refractivity contribution in [2.45, 2.75) is 33.7 Å². The maximum Gasteiger partial charge on any atom is 0.348 e. The number of carbonyl (C=O) groups is 2. The second kappa shape index (κ2) is 6.49. The number of carbonyl (C=O) groups excluding carboxylic acids is 1. The Bertz CT molecular complexity index is 772. The second-order valence-electron chi connectivity index (χ2n) is 5.18. The van der Waals surface area contributed by atoms with Crippen molar-refractivity contribution < 1.29 is 19.4 Å². The summed E-state index contributed by atoms with van der Waals surface area (Å²) in [5, 5.41) is 9.92. The van der Waals surface area contributed by atoms with E-state index in [1.54, 1.807) is 39.6 Å². The first-order valence-corrected chi connectivity index (χ1v) is 8.00. The van der Waals surface area contributed by atoms with Crippen LogP contribution in [0.15, 0.2) is 0 Å². The summed E-state index contributed by atoms with van der Waals surface area (Å²) in [6.45, 7) is 7.16. The Morgan fingerprint density at radius 1 is 1.35 bits per heavy atom. The molecule has 2 aromatic heterocycles. The Morgan fingerprint density at radius 3 is 2.57 bits per heavy atom. The number of aromatic nitrogens is 2. The first kappa shape index (κ1) is 17.1. The molecule has 0 aromatic carbocycles. The Hall–Kier alpha value is -2.22. The quantitative estimate of drug-likeness (QED) is 0.837. The van der Waals surface area contributed by atoms with Gasteiger partial charge in [0.25, 0.3) is 0 Å². The van der Waals surface area contributed by atoms with E-state index in [1.807, 2.05) is 0 Å². The number of likely N-dealkylation sites (N-methyl/N-ethyl adjacent to an activating group) is 1. The summed E-state index contributed by atoms with van der Waals surface area (Å²) in [7, 11) is 1.67. The Kier molecular flexibility index (Phi) is 4.84. The number of hydrogen-bond acceptors (Lipinski definition) is 7. The van der Waals surface area contributed by atoms with Crippen molar-refractivity contribution in [3.05, 3.63) is 16.3 Å². The first-order chi connectivity index (χ1) is 10.8. The number of carboxylic acids is 1. The number of aliphatic carboxylic acids is 1. The van der Waals surface area contributed by atoms with Crippen LogP contribution in [0.3, 0.4) is 0 Å². The van der Waals surface area contributed by atoms with Crippen LogP contribution < -0.4 is 4.90 Å². The number of nitrogens with zero attached hydrogens (tertiary/aromatic N) is 3. The van der Waals surface area contributed by atoms with Gasteiger partial charge in [-0.25, -0.2) is 19.6 Å². The number of ether oxygens (including phenoxy) is 1. The molecule has 0 fully saturated rings. The van der Waals surface area contributed by atoms with E-state index >= 15 is 0 Å². The molecule has 0 radical (unpaired) electrons. The topological polar surface area (TPSA) is 92.6 Å². The molecule has 2 heterocycles. The lowest BCUT2D eigenvalue weighted by molar-refractivity contribution is -0.138. The van der Waals surface area contributed by atoms with E-state index in [1.165, 1.54) is 11.3 Å². The maximum atomic E-state index is 12.1. The van der Waals surface area contributed by atoms with Gasteiger partial charge in [-0.3, -0.25) is 0 Å². The van der Waals surface area contributed by atoms with Crippen LogP contribution >= 0.6 is 11.3 Å². The van der Waals surface area contributed by atoms with Crippen molar-refractivity contribution in [1.82, 2.24) is 9.97 Å². The molecule has 23 heavy (non-hydrogen) atoms. The highest BCUT2D eigenvalue weighted by molar-refractivity contribution is 7.20. The van der Waals surface area contributed by atoms with Crippen molar-refractivity contribution >= 4 is 39.3 Å². The summed E-state index contributed by atoms with van der Waals surface area (Å²) >= 11 is 1.24. The lowest BCUT2D eigenvalue weighted by Gasteiger charge is -2.23. The molecule has 1 N–H and O–H groups in total. The van der Waals surface area contributed by atoms with Crippen molar-refractivity contribution in [3.8, 4) is 0 Å². The zero-order valence-electron chi connectivity index (χ0n) is 13.7. The highest BCUT2D eigenvalue weighted by atomic mass is 32.1. The van der Waals surface area contributed by atoms with Gasteiger partial charge in [0.1, 0.15) is 27.4 Å². The van der Waals surface area contributed by atoms with Gasteiger partial charge in [-0.2, -0.15) is 0 Å². The predicted molar refractivity (Wildman–Crippen MR) is 88.3 cm³/mol. The number of esters is 1. The molecule has 1 unspecified atom stereocenters. The van der Waals surface area contributed by atoms with Gasteiger partial charge in [0, 0.05) is 7.05 Å². The third-order valence-electron chi connectivity index (χ3n) is 3.62. The molecule has 0 aliphatic rings. The van der Waals surface area contributed by atoms with Gasteiger partial charge in [0.15, 0.2) is 0 Å². The van der Waals surface area contributed by atoms with Crippen LogP contribution in [0.5, 0.6) is 0 Å². The minimum absolute atomic E-state index is 0.292. The number of fused-ring (bicyclic) bond motifs is 1. The van der Waals surface area contributed by atoms with Crippen molar-refractivity contribution in [1.29, 1.82) is 0 Å². The predicted octanol–water partition coefficient (Wildman–Crippen LogP) is 2.39. The van der Waals surface area contributed by atoms with Crippen LogP contribution in [0.25, 0.3) is 10.2 Å². The highest BCUT2D eigenvalue weighted by Gasteiger charge is 2.25. The van der Waals surface area contributed by atoms with Gasteiger partial charge < -0.3 is 14.7 Å². The van der Waals surface area contributed by atoms with Crippen molar-refractivity contribution in [2.24, 2.45) is 0 Å². The van der Waals surface area contributed by atoms with Gasteiger partial charge in [0.2, 0.25) is 0 Å². The molecule has 0 aliphatic heterocycles. The summed E-state index contributed by atoms with van der Waals surface area (Å²) < 4.78 is 5.07. The first-order valence-electron chi connectivity index (χ1n) is 7.18. The average Bonchev–Trinajstić information content (AvgIpc) is 2.82. The van der Waals surface area contributed by atoms with Gasteiger partial charge in [-0.15, -0.1) is 11.3 Å². The highest BCUT2D eigenvalue weighted by Crippen LogP contribution is 2.36. The number of aryl methyl sites for hydroxylation is 2. The number of thiophene rings is 1. The summed E-state index contributed by atoms with van der Waals surface area (Å²) in [6, 6.07) is -0.752. The Balaban J connectivity index is 2.66. The molecule has 2 rings (SSSR count). The molecule has 124 valence electrons. The van der Waals surface area contributed by atoms with Crippen LogP contribution in [0.2, 0.25) is 0 Å². The van der Waals surface area contributed by atoms with Gasteiger partial charge in [-0.05, 0) is 33.3 Å². The molecule has 1 atom stereocenters. The minimum atomic E-state index is -0.949. The van der Waals surface area contributed by atoms with Crippen LogP contribution in [-0.4, -0.2) is 46.7 Å². The minimum Gasteiger partial charge on any atom is -0.480 e. The molecule has 0 saturated carbocycles. The normalized spacial score (nSPS) is 12.2. The Morgan fingerprint density at radius 2 is 2.00 bits per heavy atom. The SMILES string of the molecule is CCOC(=O)c1sc2nc(C)nc(N(C)C(C)C(=O)O)c2c1C. The van der Waals surface area contributed by atoms with E-state index in [4.69, 9.17) is 4.74 Å². The lowest BCUT2D eigenvalue weighted by atomic mass is 10.1. The molecule has 7 nitrogen and oxygen atoms in total. The fourth-order valence-corrected chi connectivity index (χ4v) is 3.33. The Labute approximate surface area is 137 Å². The van der Waals surface area contributed by atoms with E-state index < -0.39 is 18.0 Å². The van der Waals surface area contributed by atoms with E-state index in [9.17, 15) is 14.7 Å². The molecule has 2 aromatic rings. The van der Waals surface area contributed by atoms with Crippen LogP contribution in [0, 0.1) is 13.8 Å². The standard InChI is InChI=1S/C15H19N3O4S/c1-6-22-15(21)11-7(2)10-12(18(5)8(3)14(19)20)16-9(4)17-13(10)23-11/h8H,6H2,1-5H3,(H,19,20). The van der Waals surface area contributed by atoms with Gasteiger partial charge in [-0.1, -0.05) is 0 Å². The summed E-state index contributed by atoms with van der Waals surface area (Å²) in [6.07, 6.45) is 0. The summed E-state index contributed by atoms with van der Waals surface area (Å²) in [4.78, 5) is 34.8. The molecule has 8 heteroatoms. The van der Waals surface area contributed by atoms with E-state index in [0.717, 1.165) is 0 Å². The second-order valence-corrected chi connectivity index (χ2v) is 6.18. The molecular formula is C15H19N3O4S. The third-order valence-corrected chi connectivity index (χ3v) is 4.78. The molecule has 0 bridgehead atoms.